The lowest BCUT2D eigenvalue weighted by molar-refractivity contribution is 0.870. The zero-order valence-corrected chi connectivity index (χ0v) is 7.70. The van der Waals surface area contributed by atoms with Crippen LogP contribution in [-0.4, -0.2) is 6.54 Å². The number of nitrogens with two attached hydrogens (primary N) is 1. The quantitative estimate of drug-likeness (QED) is 0.647. The summed E-state index contributed by atoms with van der Waals surface area (Å²) in [6.07, 6.45) is 1.03. The van der Waals surface area contributed by atoms with Crippen LogP contribution >= 0.6 is 0 Å². The molecule has 0 saturated carbocycles. The number of hydrogen-bond acceptors (Lipinski definition) is 2. The lowest BCUT2D eigenvalue weighted by Gasteiger charge is -2.11. The molecule has 0 aromatic heterocycles. The lowest BCUT2D eigenvalue weighted by atomic mass is 10.2. The molecule has 0 spiro atoms. The number of nitrogens with one attached hydrogen (secondary N) is 1. The molecule has 11 heavy (non-hydrogen) atoms. The van der Waals surface area contributed by atoms with Crippen molar-refractivity contribution in [2.24, 2.45) is 5.73 Å². The minimum atomic E-state index is 0.562. The largest absolute Gasteiger partial charge is 0.362 e. The van der Waals surface area contributed by atoms with Crippen molar-refractivity contribution < 1.29 is 0 Å². The Morgan fingerprint density at radius 1 is 1.45 bits per heavy atom. The number of allylic oxidation sites excluding steroid dienone is 2. The van der Waals surface area contributed by atoms with Crippen molar-refractivity contribution in [1.82, 2.24) is 5.32 Å². The highest BCUT2D eigenvalue weighted by Gasteiger charge is 1.97. The highest BCUT2D eigenvalue weighted by molar-refractivity contribution is 5.15. The van der Waals surface area contributed by atoms with Gasteiger partial charge in [0.05, 0.1) is 0 Å². The van der Waals surface area contributed by atoms with Crippen LogP contribution in [0.2, 0.25) is 0 Å². The van der Waals surface area contributed by atoms with Crippen molar-refractivity contribution in [3.05, 3.63) is 23.5 Å². The van der Waals surface area contributed by atoms with Crippen LogP contribution in [0.4, 0.5) is 0 Å². The molecule has 0 rings (SSSR count). The molecule has 0 aromatic carbocycles. The molecule has 0 aromatic rings. The predicted molar refractivity (Wildman–Crippen MR) is 50.0 cm³/mol. The molecule has 0 fully saturated rings. The average Bonchev–Trinajstić information content (AvgIpc) is 1.98. The fraction of sp³-hybridized carbons (Fsp3) is 0.556. The molecule has 0 aliphatic carbocycles. The summed E-state index contributed by atoms with van der Waals surface area (Å²) in [6, 6.07) is 0. The standard InChI is InChI=1S/C9H18N2/c1-5-8(4)9(6-10)11-7(2)3/h11H,2,5-6,10H2,1,3-4H3/b9-8+. The van der Waals surface area contributed by atoms with E-state index in [9.17, 15) is 0 Å². The Hall–Kier alpha value is -0.760. The third kappa shape index (κ3) is 3.83. The minimum absolute atomic E-state index is 0.562. The van der Waals surface area contributed by atoms with Gasteiger partial charge in [0.25, 0.3) is 0 Å². The molecule has 0 saturated heterocycles. The molecule has 2 heteroatoms. The van der Waals surface area contributed by atoms with Gasteiger partial charge in [0.1, 0.15) is 0 Å². The van der Waals surface area contributed by atoms with Gasteiger partial charge in [0, 0.05) is 17.9 Å². The first-order valence-corrected chi connectivity index (χ1v) is 3.93. The lowest BCUT2D eigenvalue weighted by Crippen LogP contribution is -2.19. The zero-order chi connectivity index (χ0) is 8.85. The molecule has 2 nitrogen and oxygen atoms in total. The van der Waals surface area contributed by atoms with Crippen molar-refractivity contribution in [2.45, 2.75) is 27.2 Å². The molecule has 0 bridgehead atoms. The van der Waals surface area contributed by atoms with Crippen molar-refractivity contribution in [3.8, 4) is 0 Å². The van der Waals surface area contributed by atoms with Crippen LogP contribution in [0.15, 0.2) is 23.5 Å². The summed E-state index contributed by atoms with van der Waals surface area (Å²) in [5.41, 5.74) is 8.88. The van der Waals surface area contributed by atoms with Crippen molar-refractivity contribution >= 4 is 0 Å². The molecule has 0 radical (unpaired) electrons. The van der Waals surface area contributed by atoms with Crippen LogP contribution < -0.4 is 11.1 Å². The van der Waals surface area contributed by atoms with E-state index < -0.39 is 0 Å². The van der Waals surface area contributed by atoms with Gasteiger partial charge in [-0.1, -0.05) is 19.1 Å². The van der Waals surface area contributed by atoms with Crippen LogP contribution in [0.5, 0.6) is 0 Å². The first kappa shape index (κ1) is 10.2. The monoisotopic (exact) mass is 154 g/mol. The molecule has 0 aliphatic heterocycles. The summed E-state index contributed by atoms with van der Waals surface area (Å²) < 4.78 is 0. The highest BCUT2D eigenvalue weighted by Crippen LogP contribution is 2.04. The van der Waals surface area contributed by atoms with Gasteiger partial charge in [-0.15, -0.1) is 0 Å². The van der Waals surface area contributed by atoms with E-state index in [1.807, 2.05) is 6.92 Å². The van der Waals surface area contributed by atoms with Gasteiger partial charge in [-0.25, -0.2) is 0 Å². The fourth-order valence-electron chi connectivity index (χ4n) is 0.803. The Bertz CT molecular complexity index is 168. The SMILES string of the molecule is C=C(C)N/C(CN)=C(\C)CC. The predicted octanol–water partition coefficient (Wildman–Crippen LogP) is 1.75. The third-order valence-electron chi connectivity index (χ3n) is 1.61. The topological polar surface area (TPSA) is 38.0 Å². The Labute approximate surface area is 69.2 Å². The molecule has 0 atom stereocenters. The minimum Gasteiger partial charge on any atom is -0.362 e. The second-order valence-electron chi connectivity index (χ2n) is 2.72. The van der Waals surface area contributed by atoms with Crippen molar-refractivity contribution in [1.29, 1.82) is 0 Å². The van der Waals surface area contributed by atoms with E-state index in [4.69, 9.17) is 5.73 Å². The van der Waals surface area contributed by atoms with Gasteiger partial charge in [-0.05, 0) is 20.3 Å². The van der Waals surface area contributed by atoms with E-state index in [1.54, 1.807) is 0 Å². The van der Waals surface area contributed by atoms with Crippen LogP contribution in [0.1, 0.15) is 27.2 Å². The summed E-state index contributed by atoms with van der Waals surface area (Å²) in [7, 11) is 0. The van der Waals surface area contributed by atoms with Gasteiger partial charge in [-0.3, -0.25) is 0 Å². The summed E-state index contributed by atoms with van der Waals surface area (Å²) in [4.78, 5) is 0. The van der Waals surface area contributed by atoms with Gasteiger partial charge in [-0.2, -0.15) is 0 Å². The summed E-state index contributed by atoms with van der Waals surface area (Å²) in [6.45, 7) is 10.4. The van der Waals surface area contributed by atoms with Gasteiger partial charge in [0.2, 0.25) is 0 Å². The smallest absolute Gasteiger partial charge is 0.0331 e. The summed E-state index contributed by atoms with van der Waals surface area (Å²) >= 11 is 0. The maximum Gasteiger partial charge on any atom is 0.0331 e. The first-order valence-electron chi connectivity index (χ1n) is 3.93. The molecular weight excluding hydrogens is 136 g/mol. The normalized spacial score (nSPS) is 12.4. The van der Waals surface area contributed by atoms with Crippen LogP contribution in [0, 0.1) is 0 Å². The molecule has 0 heterocycles. The van der Waals surface area contributed by atoms with E-state index in [2.05, 4.69) is 25.7 Å². The maximum absolute atomic E-state index is 5.54. The Kier molecular flexibility index (Phi) is 4.62. The van der Waals surface area contributed by atoms with Gasteiger partial charge >= 0.3 is 0 Å². The summed E-state index contributed by atoms with van der Waals surface area (Å²) in [5, 5.41) is 3.14. The molecule has 0 amide bonds. The first-order chi connectivity index (χ1) is 5.11. The van der Waals surface area contributed by atoms with Gasteiger partial charge < -0.3 is 11.1 Å². The zero-order valence-electron chi connectivity index (χ0n) is 7.70. The van der Waals surface area contributed by atoms with Crippen LogP contribution in [-0.2, 0) is 0 Å². The molecule has 64 valence electrons. The van der Waals surface area contributed by atoms with E-state index in [1.165, 1.54) is 5.57 Å². The van der Waals surface area contributed by atoms with Crippen LogP contribution in [0.3, 0.4) is 0 Å². The number of rotatable bonds is 4. The van der Waals surface area contributed by atoms with Gasteiger partial charge in [0.15, 0.2) is 0 Å². The maximum atomic E-state index is 5.54. The van der Waals surface area contributed by atoms with E-state index in [0.717, 1.165) is 17.8 Å². The average molecular weight is 154 g/mol. The van der Waals surface area contributed by atoms with Crippen molar-refractivity contribution in [3.63, 3.8) is 0 Å². The highest BCUT2D eigenvalue weighted by atomic mass is 14.9. The Morgan fingerprint density at radius 2 is 2.00 bits per heavy atom. The third-order valence-corrected chi connectivity index (χ3v) is 1.61. The molecular formula is C9H18N2. The Balaban J connectivity index is 4.26. The molecule has 0 unspecified atom stereocenters. The molecule has 0 aliphatic rings. The fourth-order valence-corrected chi connectivity index (χ4v) is 0.803. The summed E-state index contributed by atoms with van der Waals surface area (Å²) in [5.74, 6) is 0. The molecule has 3 N–H and O–H groups in total. The van der Waals surface area contributed by atoms with E-state index in [0.29, 0.717) is 6.54 Å². The van der Waals surface area contributed by atoms with E-state index >= 15 is 0 Å². The number of hydrogen-bond donors (Lipinski definition) is 2. The second kappa shape index (κ2) is 4.97. The van der Waals surface area contributed by atoms with E-state index in [-0.39, 0.29) is 0 Å². The van der Waals surface area contributed by atoms with Crippen molar-refractivity contribution in [2.75, 3.05) is 6.54 Å². The van der Waals surface area contributed by atoms with Crippen LogP contribution in [0.25, 0.3) is 0 Å². The Morgan fingerprint density at radius 3 is 2.27 bits per heavy atom. The second-order valence-corrected chi connectivity index (χ2v) is 2.72.